The highest BCUT2D eigenvalue weighted by Gasteiger charge is 2.51. The number of pyridine rings is 1. The van der Waals surface area contributed by atoms with Crippen molar-refractivity contribution in [2.24, 2.45) is 0 Å². The molecule has 1 aliphatic heterocycles. The first-order valence-electron chi connectivity index (χ1n) is 9.74. The summed E-state index contributed by atoms with van der Waals surface area (Å²) < 4.78 is 1.96. The molecule has 138 valence electrons. The number of nitrogens with zero attached hydrogens (tertiary/aromatic N) is 4. The highest BCUT2D eigenvalue weighted by atomic mass is 16.3. The Balaban J connectivity index is 1.51. The summed E-state index contributed by atoms with van der Waals surface area (Å²) in [6.45, 7) is 1.86. The van der Waals surface area contributed by atoms with E-state index in [2.05, 4.69) is 28.2 Å². The molecule has 3 aromatic rings. The Labute approximate surface area is 159 Å². The van der Waals surface area contributed by atoms with Crippen LogP contribution in [0.3, 0.4) is 0 Å². The molecule has 3 heterocycles. The van der Waals surface area contributed by atoms with E-state index in [1.54, 1.807) is 0 Å². The molecule has 1 saturated heterocycles. The lowest BCUT2D eigenvalue weighted by atomic mass is 10.1. The van der Waals surface area contributed by atoms with E-state index >= 15 is 0 Å². The van der Waals surface area contributed by atoms with Crippen LogP contribution in [-0.2, 0) is 6.54 Å². The van der Waals surface area contributed by atoms with Crippen molar-refractivity contribution in [1.82, 2.24) is 19.7 Å². The number of hydrogen-bond acceptors (Lipinski definition) is 4. The van der Waals surface area contributed by atoms with Crippen LogP contribution in [0.2, 0.25) is 0 Å². The molecule has 5 nitrogen and oxygen atoms in total. The van der Waals surface area contributed by atoms with Gasteiger partial charge in [-0.25, -0.2) is 4.68 Å². The van der Waals surface area contributed by atoms with E-state index in [0.29, 0.717) is 0 Å². The number of aromatic nitrogens is 3. The van der Waals surface area contributed by atoms with Crippen molar-refractivity contribution in [3.8, 4) is 16.9 Å². The average Bonchev–Trinajstić information content (AvgIpc) is 3.11. The Morgan fingerprint density at radius 2 is 1.85 bits per heavy atom. The van der Waals surface area contributed by atoms with Gasteiger partial charge in [0.15, 0.2) is 0 Å². The highest BCUT2D eigenvalue weighted by Crippen LogP contribution is 2.45. The van der Waals surface area contributed by atoms with E-state index in [1.165, 1.54) is 5.56 Å². The Morgan fingerprint density at radius 3 is 2.59 bits per heavy atom. The third-order valence-corrected chi connectivity index (χ3v) is 5.88. The second-order valence-corrected chi connectivity index (χ2v) is 7.75. The number of hydrogen-bond donors (Lipinski definition) is 1. The number of para-hydroxylation sites is 1. The molecule has 1 saturated carbocycles. The zero-order valence-electron chi connectivity index (χ0n) is 15.3. The lowest BCUT2D eigenvalue weighted by Gasteiger charge is -2.28. The fraction of sp³-hybridized carbons (Fsp3) is 0.364. The van der Waals surface area contributed by atoms with Crippen molar-refractivity contribution in [3.05, 3.63) is 66.6 Å². The molecule has 27 heavy (non-hydrogen) atoms. The second-order valence-electron chi connectivity index (χ2n) is 7.75. The zero-order valence-corrected chi connectivity index (χ0v) is 15.3. The van der Waals surface area contributed by atoms with Crippen LogP contribution in [0.15, 0.2) is 61.1 Å². The van der Waals surface area contributed by atoms with Crippen LogP contribution in [0.1, 0.15) is 31.2 Å². The first kappa shape index (κ1) is 16.7. The van der Waals surface area contributed by atoms with Gasteiger partial charge in [-0.05, 0) is 56.5 Å². The van der Waals surface area contributed by atoms with Gasteiger partial charge in [-0.1, -0.05) is 18.2 Å². The number of rotatable bonds is 5. The minimum Gasteiger partial charge on any atom is -0.388 e. The minimum atomic E-state index is -0.456. The lowest BCUT2D eigenvalue weighted by molar-refractivity contribution is 0.0482. The largest absolute Gasteiger partial charge is 0.388 e. The molecule has 0 spiro atoms. The Bertz CT molecular complexity index is 918. The topological polar surface area (TPSA) is 54.2 Å². The molecule has 1 aliphatic carbocycles. The van der Waals surface area contributed by atoms with Gasteiger partial charge in [0.25, 0.3) is 0 Å². The molecule has 2 fully saturated rings. The van der Waals surface area contributed by atoms with E-state index in [9.17, 15) is 5.11 Å². The van der Waals surface area contributed by atoms with Gasteiger partial charge in [0, 0.05) is 42.3 Å². The normalized spacial score (nSPS) is 21.4. The molecule has 5 heteroatoms. The van der Waals surface area contributed by atoms with Gasteiger partial charge in [-0.3, -0.25) is 9.88 Å². The summed E-state index contributed by atoms with van der Waals surface area (Å²) in [5.41, 5.74) is 3.87. The summed E-state index contributed by atoms with van der Waals surface area (Å²) in [6, 6.07) is 14.5. The predicted molar refractivity (Wildman–Crippen MR) is 104 cm³/mol. The van der Waals surface area contributed by atoms with E-state index in [1.807, 2.05) is 47.4 Å². The number of benzene rings is 1. The molecule has 0 radical (unpaired) electrons. The van der Waals surface area contributed by atoms with Crippen LogP contribution in [0.5, 0.6) is 0 Å². The van der Waals surface area contributed by atoms with Crippen molar-refractivity contribution in [1.29, 1.82) is 0 Å². The quantitative estimate of drug-likeness (QED) is 0.757. The molecule has 1 N–H and O–H groups in total. The van der Waals surface area contributed by atoms with Gasteiger partial charge in [0.1, 0.15) is 0 Å². The third-order valence-electron chi connectivity index (χ3n) is 5.88. The SMILES string of the molecule is OC1(C2CCCN2Cc2cn(-c3ccccc3)nc2-c2ccncc2)CC1. The summed E-state index contributed by atoms with van der Waals surface area (Å²) in [5.74, 6) is 0. The van der Waals surface area contributed by atoms with Crippen LogP contribution in [-0.4, -0.2) is 43.0 Å². The fourth-order valence-corrected chi connectivity index (χ4v) is 4.30. The Kier molecular flexibility index (Phi) is 4.06. The molecule has 0 amide bonds. The van der Waals surface area contributed by atoms with Gasteiger partial charge >= 0.3 is 0 Å². The summed E-state index contributed by atoms with van der Waals surface area (Å²) >= 11 is 0. The molecular formula is C22H24N4O. The molecule has 0 bridgehead atoms. The number of aliphatic hydroxyl groups is 1. The van der Waals surface area contributed by atoms with Crippen LogP contribution >= 0.6 is 0 Å². The molecular weight excluding hydrogens is 336 g/mol. The van der Waals surface area contributed by atoms with Gasteiger partial charge in [0.2, 0.25) is 0 Å². The minimum absolute atomic E-state index is 0.280. The maximum absolute atomic E-state index is 10.7. The first-order valence-corrected chi connectivity index (χ1v) is 9.74. The van der Waals surface area contributed by atoms with Crippen LogP contribution in [0, 0.1) is 0 Å². The molecule has 2 aliphatic rings. The van der Waals surface area contributed by atoms with Crippen molar-refractivity contribution < 1.29 is 5.11 Å². The summed E-state index contributed by atoms with van der Waals surface area (Å²) in [6.07, 6.45) is 9.89. The van der Waals surface area contributed by atoms with Crippen LogP contribution in [0.25, 0.3) is 16.9 Å². The third kappa shape index (κ3) is 3.17. The van der Waals surface area contributed by atoms with Crippen LogP contribution < -0.4 is 0 Å². The van der Waals surface area contributed by atoms with Crippen molar-refractivity contribution in [2.45, 2.75) is 43.9 Å². The van der Waals surface area contributed by atoms with E-state index in [-0.39, 0.29) is 6.04 Å². The lowest BCUT2D eigenvalue weighted by Crippen LogP contribution is -2.40. The van der Waals surface area contributed by atoms with Gasteiger partial charge < -0.3 is 5.11 Å². The average molecular weight is 360 g/mol. The second kappa shape index (κ2) is 6.59. The fourth-order valence-electron chi connectivity index (χ4n) is 4.30. The molecule has 2 aromatic heterocycles. The molecule has 1 atom stereocenters. The first-order chi connectivity index (χ1) is 13.2. The van der Waals surface area contributed by atoms with Crippen molar-refractivity contribution >= 4 is 0 Å². The maximum atomic E-state index is 10.7. The molecule has 1 aromatic carbocycles. The summed E-state index contributed by atoms with van der Waals surface area (Å²) in [5, 5.41) is 15.6. The molecule has 5 rings (SSSR count). The molecule has 1 unspecified atom stereocenters. The summed E-state index contributed by atoms with van der Waals surface area (Å²) in [7, 11) is 0. The standard InChI is InChI=1S/C22H24N4O/c27-22(10-11-22)20-7-4-14-25(20)15-18-16-26(19-5-2-1-3-6-19)24-21(18)17-8-12-23-13-9-17/h1-3,5-6,8-9,12-13,16,20,27H,4,7,10-11,14-15H2. The van der Waals surface area contributed by atoms with Gasteiger partial charge in [-0.2, -0.15) is 5.10 Å². The van der Waals surface area contributed by atoms with E-state index in [0.717, 1.165) is 55.7 Å². The van der Waals surface area contributed by atoms with Gasteiger partial charge in [0.05, 0.1) is 17.0 Å². The van der Waals surface area contributed by atoms with Crippen molar-refractivity contribution in [2.75, 3.05) is 6.54 Å². The van der Waals surface area contributed by atoms with E-state index < -0.39 is 5.60 Å². The van der Waals surface area contributed by atoms with Gasteiger partial charge in [-0.15, -0.1) is 0 Å². The van der Waals surface area contributed by atoms with Crippen LogP contribution in [0.4, 0.5) is 0 Å². The predicted octanol–water partition coefficient (Wildman–Crippen LogP) is 3.42. The summed E-state index contributed by atoms with van der Waals surface area (Å²) in [4.78, 5) is 6.59. The Hall–Kier alpha value is -2.50. The zero-order chi connectivity index (χ0) is 18.3. The van der Waals surface area contributed by atoms with Crippen molar-refractivity contribution in [3.63, 3.8) is 0 Å². The highest BCUT2D eigenvalue weighted by molar-refractivity contribution is 5.62. The number of likely N-dealkylation sites (tertiary alicyclic amines) is 1. The maximum Gasteiger partial charge on any atom is 0.0973 e. The monoisotopic (exact) mass is 360 g/mol. The Morgan fingerprint density at radius 1 is 1.07 bits per heavy atom. The van der Waals surface area contributed by atoms with E-state index in [4.69, 9.17) is 5.10 Å². The smallest absolute Gasteiger partial charge is 0.0973 e.